The molecule has 3 N–H and O–H groups in total. The molecule has 0 unspecified atom stereocenters. The maximum atomic E-state index is 7.17. The third-order valence-corrected chi connectivity index (χ3v) is 1.87. The zero-order chi connectivity index (χ0) is 9.26. The van der Waals surface area contributed by atoms with E-state index >= 15 is 0 Å². The molecule has 0 spiro atoms. The van der Waals surface area contributed by atoms with Crippen molar-refractivity contribution in [2.24, 2.45) is 5.73 Å². The quantitative estimate of drug-likeness (QED) is 0.627. The molecule has 82 valence electrons. The Kier molecular flexibility index (Phi) is 5.11. The average molecular weight is 247 g/mol. The largest absolute Gasteiger partial charge is 0.386 e. The minimum absolute atomic E-state index is 0. The second-order valence-corrected chi connectivity index (χ2v) is 2.89. The van der Waals surface area contributed by atoms with E-state index in [9.17, 15) is 0 Å². The summed E-state index contributed by atoms with van der Waals surface area (Å²) in [5.74, 6) is 0.142. The molecule has 1 aromatic heterocycles. The van der Waals surface area contributed by atoms with Gasteiger partial charge in [-0.3, -0.25) is 5.41 Å². The van der Waals surface area contributed by atoms with Crippen LogP contribution in [0.15, 0.2) is 30.6 Å². The number of nitrogens with two attached hydrogens (primary N) is 1. The van der Waals surface area contributed by atoms with Gasteiger partial charge in [-0.25, -0.2) is 4.98 Å². The zero-order valence-electron chi connectivity index (χ0n) is 7.88. The molecule has 0 bridgehead atoms. The molecule has 2 rings (SSSR count). The van der Waals surface area contributed by atoms with Crippen LogP contribution < -0.4 is 5.73 Å². The Morgan fingerprint density at radius 2 is 2.00 bits per heavy atom. The number of nitrogens with one attached hydrogen (secondary N) is 1. The highest BCUT2D eigenvalue weighted by atomic mass is 35.5. The fourth-order valence-electron chi connectivity index (χ4n) is 1.32. The normalized spacial score (nSPS) is 9.07. The summed E-state index contributed by atoms with van der Waals surface area (Å²) >= 11 is 0. The molecule has 0 saturated heterocycles. The molecule has 1 aromatic carbocycles. The molecule has 0 fully saturated rings. The third-order valence-electron chi connectivity index (χ3n) is 1.87. The summed E-state index contributed by atoms with van der Waals surface area (Å²) in [6, 6.07) is 7.78. The van der Waals surface area contributed by atoms with Gasteiger partial charge in [0.2, 0.25) is 0 Å². The number of hydrogen-bond acceptors (Lipinski definition) is 2. The number of rotatable bonds is 2. The Morgan fingerprint density at radius 3 is 2.67 bits per heavy atom. The van der Waals surface area contributed by atoms with Crippen LogP contribution in [0.4, 0.5) is 0 Å². The highest BCUT2D eigenvalue weighted by molar-refractivity contribution is 5.85. The second kappa shape index (κ2) is 5.58. The number of para-hydroxylation sites is 2. The summed E-state index contributed by atoms with van der Waals surface area (Å²) in [5, 5.41) is 7.17. The molecule has 0 aliphatic rings. The van der Waals surface area contributed by atoms with E-state index in [1.807, 2.05) is 28.8 Å². The summed E-state index contributed by atoms with van der Waals surface area (Å²) in [6.45, 7) is 0.403. The van der Waals surface area contributed by atoms with Crippen LogP contribution in [0.25, 0.3) is 11.0 Å². The van der Waals surface area contributed by atoms with Crippen LogP contribution >= 0.6 is 24.8 Å². The molecule has 0 atom stereocenters. The predicted molar refractivity (Wildman–Crippen MR) is 66.1 cm³/mol. The average Bonchev–Trinajstić information content (AvgIpc) is 2.48. The molecule has 0 radical (unpaired) electrons. The van der Waals surface area contributed by atoms with E-state index in [1.54, 1.807) is 6.33 Å². The molecular weight excluding hydrogens is 235 g/mol. The van der Waals surface area contributed by atoms with E-state index in [2.05, 4.69) is 4.98 Å². The first-order valence-corrected chi connectivity index (χ1v) is 4.00. The summed E-state index contributed by atoms with van der Waals surface area (Å²) < 4.78 is 1.86. The Balaban J connectivity index is 0.000000980. The van der Waals surface area contributed by atoms with Crippen LogP contribution in [-0.4, -0.2) is 15.4 Å². The molecule has 0 saturated carbocycles. The van der Waals surface area contributed by atoms with Gasteiger partial charge < -0.3 is 10.3 Å². The smallest absolute Gasteiger partial charge is 0.111 e. The maximum absolute atomic E-state index is 7.17. The van der Waals surface area contributed by atoms with Crippen LogP contribution in [0.1, 0.15) is 0 Å². The topological polar surface area (TPSA) is 67.7 Å². The first kappa shape index (κ1) is 13.7. The van der Waals surface area contributed by atoms with E-state index in [-0.39, 0.29) is 30.6 Å². The minimum Gasteiger partial charge on any atom is -0.386 e. The van der Waals surface area contributed by atoms with Crippen LogP contribution in [-0.2, 0) is 6.54 Å². The maximum Gasteiger partial charge on any atom is 0.111 e. The van der Waals surface area contributed by atoms with Gasteiger partial charge in [0, 0.05) is 0 Å². The molecule has 1 heterocycles. The van der Waals surface area contributed by atoms with Crippen molar-refractivity contribution in [3.63, 3.8) is 0 Å². The van der Waals surface area contributed by atoms with Crippen molar-refractivity contribution in [3.8, 4) is 0 Å². The first-order valence-electron chi connectivity index (χ1n) is 4.00. The second-order valence-electron chi connectivity index (χ2n) is 2.89. The number of fused-ring (bicyclic) bond motifs is 1. The van der Waals surface area contributed by atoms with Gasteiger partial charge in [-0.05, 0) is 12.1 Å². The highest BCUT2D eigenvalue weighted by Gasteiger charge is 2.00. The van der Waals surface area contributed by atoms with Gasteiger partial charge in [-0.15, -0.1) is 24.8 Å². The van der Waals surface area contributed by atoms with E-state index < -0.39 is 0 Å². The van der Waals surface area contributed by atoms with Crippen molar-refractivity contribution in [3.05, 3.63) is 30.6 Å². The molecular formula is C9H12Cl2N4. The lowest BCUT2D eigenvalue weighted by Gasteiger charge is -2.00. The number of aromatic nitrogens is 2. The SMILES string of the molecule is Cl.Cl.N=C(N)Cn1cnc2ccccc21. The molecule has 0 amide bonds. The summed E-state index contributed by atoms with van der Waals surface area (Å²) in [5.41, 5.74) is 7.26. The van der Waals surface area contributed by atoms with Crippen molar-refractivity contribution < 1.29 is 0 Å². The van der Waals surface area contributed by atoms with Gasteiger partial charge in [-0.2, -0.15) is 0 Å². The number of amidine groups is 1. The van der Waals surface area contributed by atoms with E-state index in [0.717, 1.165) is 11.0 Å². The fourth-order valence-corrected chi connectivity index (χ4v) is 1.32. The number of halogens is 2. The van der Waals surface area contributed by atoms with Crippen LogP contribution in [0, 0.1) is 5.41 Å². The lowest BCUT2D eigenvalue weighted by Crippen LogP contribution is -2.17. The van der Waals surface area contributed by atoms with Gasteiger partial charge in [0.15, 0.2) is 0 Å². The van der Waals surface area contributed by atoms with E-state index in [0.29, 0.717) is 6.54 Å². The Labute approximate surface area is 99.8 Å². The Bertz CT molecular complexity index is 452. The highest BCUT2D eigenvalue weighted by Crippen LogP contribution is 2.10. The fraction of sp³-hybridized carbons (Fsp3) is 0.111. The third kappa shape index (κ3) is 2.84. The van der Waals surface area contributed by atoms with E-state index in [1.165, 1.54) is 0 Å². The van der Waals surface area contributed by atoms with Crippen molar-refractivity contribution in [2.45, 2.75) is 6.54 Å². The number of benzene rings is 1. The number of nitrogens with zero attached hydrogens (tertiary/aromatic N) is 2. The summed E-state index contributed by atoms with van der Waals surface area (Å²) in [7, 11) is 0. The molecule has 0 aliphatic carbocycles. The summed E-state index contributed by atoms with van der Waals surface area (Å²) in [4.78, 5) is 4.18. The number of imidazole rings is 1. The number of hydrogen-bond donors (Lipinski definition) is 2. The first-order chi connectivity index (χ1) is 6.27. The lowest BCUT2D eigenvalue weighted by atomic mass is 10.3. The monoisotopic (exact) mass is 246 g/mol. The Hall–Kier alpha value is -1.26. The molecule has 6 heteroatoms. The van der Waals surface area contributed by atoms with Crippen LogP contribution in [0.5, 0.6) is 0 Å². The molecule has 4 nitrogen and oxygen atoms in total. The minimum atomic E-state index is 0. The standard InChI is InChI=1S/C9H10N4.2ClH/c10-9(11)5-13-6-12-7-3-1-2-4-8(7)13;;/h1-4,6H,5H2,(H3,10,11);2*1H. The van der Waals surface area contributed by atoms with Crippen molar-refractivity contribution in [1.82, 2.24) is 9.55 Å². The van der Waals surface area contributed by atoms with Crippen molar-refractivity contribution in [2.75, 3.05) is 0 Å². The van der Waals surface area contributed by atoms with Crippen LogP contribution in [0.2, 0.25) is 0 Å². The van der Waals surface area contributed by atoms with Gasteiger partial charge >= 0.3 is 0 Å². The lowest BCUT2D eigenvalue weighted by molar-refractivity contribution is 0.869. The van der Waals surface area contributed by atoms with Gasteiger partial charge in [0.1, 0.15) is 5.84 Å². The summed E-state index contributed by atoms with van der Waals surface area (Å²) in [6.07, 6.45) is 1.70. The zero-order valence-corrected chi connectivity index (χ0v) is 9.52. The van der Waals surface area contributed by atoms with Gasteiger partial charge in [0.25, 0.3) is 0 Å². The van der Waals surface area contributed by atoms with Gasteiger partial charge in [-0.1, -0.05) is 12.1 Å². The molecule has 15 heavy (non-hydrogen) atoms. The van der Waals surface area contributed by atoms with E-state index in [4.69, 9.17) is 11.1 Å². The molecule has 2 aromatic rings. The van der Waals surface area contributed by atoms with Crippen molar-refractivity contribution >= 4 is 41.7 Å². The molecule has 0 aliphatic heterocycles. The Morgan fingerprint density at radius 1 is 1.33 bits per heavy atom. The predicted octanol–water partition coefficient (Wildman–Crippen LogP) is 1.82. The van der Waals surface area contributed by atoms with Gasteiger partial charge in [0.05, 0.1) is 23.9 Å². The van der Waals surface area contributed by atoms with Crippen molar-refractivity contribution in [1.29, 1.82) is 5.41 Å². The van der Waals surface area contributed by atoms with Crippen LogP contribution in [0.3, 0.4) is 0 Å².